The number of unbranched alkanes of at least 4 members (excludes halogenated alkanes) is 1. The summed E-state index contributed by atoms with van der Waals surface area (Å²) in [5.41, 5.74) is 5.31. The number of hydrogen-bond acceptors (Lipinski definition) is 4. The molecule has 16 heavy (non-hydrogen) atoms. The number of carbonyl (C=O) groups excluding carboxylic acids is 1. The molecule has 1 amide bonds. The van der Waals surface area contributed by atoms with E-state index in [0.29, 0.717) is 19.0 Å². The summed E-state index contributed by atoms with van der Waals surface area (Å²) >= 11 is 0. The van der Waals surface area contributed by atoms with Crippen LogP contribution in [0.5, 0.6) is 0 Å². The summed E-state index contributed by atoms with van der Waals surface area (Å²) in [6.07, 6.45) is 4.59. The summed E-state index contributed by atoms with van der Waals surface area (Å²) in [6, 6.07) is 0.426. The Balaban J connectivity index is 1.85. The molecule has 1 aliphatic carbocycles. The first-order valence-electron chi connectivity index (χ1n) is 5.69. The van der Waals surface area contributed by atoms with Crippen LogP contribution < -0.4 is 16.4 Å². The molecule has 1 saturated carbocycles. The van der Waals surface area contributed by atoms with Crippen LogP contribution in [0.3, 0.4) is 0 Å². The molecule has 0 heterocycles. The summed E-state index contributed by atoms with van der Waals surface area (Å²) in [4.78, 5) is 11.2. The molecule has 0 spiro atoms. The van der Waals surface area contributed by atoms with Crippen molar-refractivity contribution in [1.29, 1.82) is 0 Å². The first-order valence-corrected chi connectivity index (χ1v) is 5.69. The maximum absolute atomic E-state index is 11.2. The van der Waals surface area contributed by atoms with Gasteiger partial charge < -0.3 is 21.6 Å². The average Bonchev–Trinajstić information content (AvgIpc) is 3.06. The molecule has 0 aromatic heterocycles. The summed E-state index contributed by atoms with van der Waals surface area (Å²) in [7, 11) is 0. The average molecular weight is 228 g/mol. The molecule has 0 aromatic rings. The lowest BCUT2D eigenvalue weighted by Crippen LogP contribution is -2.35. The van der Waals surface area contributed by atoms with Crippen LogP contribution in [-0.4, -0.2) is 36.1 Å². The third-order valence-electron chi connectivity index (χ3n) is 2.39. The minimum Gasteiger partial charge on any atom is -0.409 e. The van der Waals surface area contributed by atoms with Crippen LogP contribution in [0.25, 0.3) is 0 Å². The Morgan fingerprint density at radius 3 is 2.81 bits per heavy atom. The second kappa shape index (κ2) is 7.05. The number of nitrogens with two attached hydrogens (primary N) is 1. The standard InChI is InChI=1S/C10H20N4O2/c11-9(14-16)3-1-2-6-12-7-10(15)13-8-4-5-8/h8,12,16H,1-7H2,(H2,11,14)(H,13,15). The highest BCUT2D eigenvalue weighted by molar-refractivity contribution is 5.79. The van der Waals surface area contributed by atoms with Gasteiger partial charge in [0.15, 0.2) is 0 Å². The molecule has 0 aliphatic heterocycles. The van der Waals surface area contributed by atoms with Crippen molar-refractivity contribution in [2.75, 3.05) is 13.1 Å². The molecule has 1 aliphatic rings. The molecule has 92 valence electrons. The maximum atomic E-state index is 11.2. The third-order valence-corrected chi connectivity index (χ3v) is 2.39. The molecule has 0 atom stereocenters. The van der Waals surface area contributed by atoms with Crippen molar-refractivity contribution in [3.63, 3.8) is 0 Å². The highest BCUT2D eigenvalue weighted by atomic mass is 16.4. The van der Waals surface area contributed by atoms with Crippen molar-refractivity contribution < 1.29 is 10.0 Å². The van der Waals surface area contributed by atoms with Crippen molar-refractivity contribution >= 4 is 11.7 Å². The summed E-state index contributed by atoms with van der Waals surface area (Å²) in [5.74, 6) is 0.324. The number of oxime groups is 1. The maximum Gasteiger partial charge on any atom is 0.234 e. The zero-order valence-corrected chi connectivity index (χ0v) is 9.41. The second-order valence-corrected chi connectivity index (χ2v) is 4.07. The quantitative estimate of drug-likeness (QED) is 0.152. The summed E-state index contributed by atoms with van der Waals surface area (Å²) < 4.78 is 0. The van der Waals surface area contributed by atoms with E-state index in [1.54, 1.807) is 0 Å². The molecule has 0 saturated heterocycles. The molecule has 1 fully saturated rings. The van der Waals surface area contributed by atoms with E-state index in [9.17, 15) is 4.79 Å². The summed E-state index contributed by atoms with van der Waals surface area (Å²) in [5, 5.41) is 17.1. The topological polar surface area (TPSA) is 99.7 Å². The zero-order valence-electron chi connectivity index (χ0n) is 9.41. The molecule has 6 nitrogen and oxygen atoms in total. The summed E-state index contributed by atoms with van der Waals surface area (Å²) in [6.45, 7) is 1.15. The largest absolute Gasteiger partial charge is 0.409 e. The van der Waals surface area contributed by atoms with Crippen molar-refractivity contribution in [2.45, 2.75) is 38.1 Å². The van der Waals surface area contributed by atoms with Crippen molar-refractivity contribution in [1.82, 2.24) is 10.6 Å². The van der Waals surface area contributed by atoms with Crippen molar-refractivity contribution in [2.24, 2.45) is 10.9 Å². The van der Waals surface area contributed by atoms with Crippen LogP contribution in [-0.2, 0) is 4.79 Å². The smallest absolute Gasteiger partial charge is 0.234 e. The SMILES string of the molecule is NC(CCCCNCC(=O)NC1CC1)=NO. The number of rotatable bonds is 8. The highest BCUT2D eigenvalue weighted by Gasteiger charge is 2.22. The van der Waals surface area contributed by atoms with Gasteiger partial charge in [-0.15, -0.1) is 0 Å². The molecule has 5 N–H and O–H groups in total. The van der Waals surface area contributed by atoms with E-state index < -0.39 is 0 Å². The number of amides is 1. The van der Waals surface area contributed by atoms with Gasteiger partial charge in [-0.25, -0.2) is 0 Å². The van der Waals surface area contributed by atoms with Crippen molar-refractivity contribution in [3.8, 4) is 0 Å². The third kappa shape index (κ3) is 6.23. The van der Waals surface area contributed by atoms with Crippen LogP contribution in [0, 0.1) is 0 Å². The monoisotopic (exact) mass is 228 g/mol. The van der Waals surface area contributed by atoms with Crippen LogP contribution >= 0.6 is 0 Å². The highest BCUT2D eigenvalue weighted by Crippen LogP contribution is 2.18. The molecule has 1 rings (SSSR count). The van der Waals surface area contributed by atoms with E-state index >= 15 is 0 Å². The number of nitrogens with one attached hydrogen (secondary N) is 2. The fourth-order valence-electron chi connectivity index (χ4n) is 1.31. The molecule has 0 radical (unpaired) electrons. The fraction of sp³-hybridized carbons (Fsp3) is 0.800. The van der Waals surface area contributed by atoms with Gasteiger partial charge in [0.25, 0.3) is 0 Å². The van der Waals surface area contributed by atoms with Crippen molar-refractivity contribution in [3.05, 3.63) is 0 Å². The van der Waals surface area contributed by atoms with Gasteiger partial charge in [-0.3, -0.25) is 4.79 Å². The van der Waals surface area contributed by atoms with E-state index in [2.05, 4.69) is 15.8 Å². The van der Waals surface area contributed by atoms with Gasteiger partial charge in [0.2, 0.25) is 5.91 Å². The number of hydrogen-bond donors (Lipinski definition) is 4. The van der Waals surface area contributed by atoms with Crippen LogP contribution in [0.4, 0.5) is 0 Å². The molecular formula is C10H20N4O2. The number of amidine groups is 1. The second-order valence-electron chi connectivity index (χ2n) is 4.07. The van der Waals surface area contributed by atoms with Gasteiger partial charge in [-0.05, 0) is 32.2 Å². The van der Waals surface area contributed by atoms with Gasteiger partial charge in [0.05, 0.1) is 6.54 Å². The van der Waals surface area contributed by atoms with Crippen LogP contribution in [0.15, 0.2) is 5.16 Å². The van der Waals surface area contributed by atoms with E-state index in [1.807, 2.05) is 0 Å². The van der Waals surface area contributed by atoms with E-state index in [-0.39, 0.29) is 11.7 Å². The molecular weight excluding hydrogens is 208 g/mol. The van der Waals surface area contributed by atoms with Gasteiger partial charge in [0.1, 0.15) is 5.84 Å². The molecule has 0 unspecified atom stereocenters. The minimum atomic E-state index is 0.0685. The zero-order chi connectivity index (χ0) is 11.8. The predicted molar refractivity (Wildman–Crippen MR) is 61.3 cm³/mol. The Morgan fingerprint density at radius 1 is 1.44 bits per heavy atom. The lowest BCUT2D eigenvalue weighted by Gasteiger charge is -2.05. The number of nitrogens with zero attached hydrogens (tertiary/aromatic N) is 1. The van der Waals surface area contributed by atoms with E-state index in [1.165, 1.54) is 0 Å². The number of carbonyl (C=O) groups is 1. The molecule has 0 bridgehead atoms. The lowest BCUT2D eigenvalue weighted by molar-refractivity contribution is -0.120. The minimum absolute atomic E-state index is 0.0685. The Bertz CT molecular complexity index is 251. The lowest BCUT2D eigenvalue weighted by atomic mass is 10.2. The van der Waals surface area contributed by atoms with Gasteiger partial charge in [0, 0.05) is 12.5 Å². The van der Waals surface area contributed by atoms with Gasteiger partial charge in [-0.2, -0.15) is 0 Å². The fourth-order valence-corrected chi connectivity index (χ4v) is 1.31. The first-order chi connectivity index (χ1) is 7.72. The Morgan fingerprint density at radius 2 is 2.19 bits per heavy atom. The van der Waals surface area contributed by atoms with Crippen LogP contribution in [0.1, 0.15) is 32.1 Å². The Hall–Kier alpha value is -1.30. The Labute approximate surface area is 95.3 Å². The first kappa shape index (κ1) is 12.8. The predicted octanol–water partition coefficient (Wildman–Crippen LogP) is -0.229. The van der Waals surface area contributed by atoms with E-state index in [0.717, 1.165) is 32.2 Å². The molecule has 6 heteroatoms. The van der Waals surface area contributed by atoms with Gasteiger partial charge in [-0.1, -0.05) is 5.16 Å². The van der Waals surface area contributed by atoms with Gasteiger partial charge >= 0.3 is 0 Å². The normalized spacial score (nSPS) is 16.1. The Kier molecular flexibility index (Phi) is 5.63. The molecule has 0 aromatic carbocycles. The van der Waals surface area contributed by atoms with E-state index in [4.69, 9.17) is 10.9 Å². The van der Waals surface area contributed by atoms with Crippen LogP contribution in [0.2, 0.25) is 0 Å².